The maximum absolute atomic E-state index is 12.8. The van der Waals surface area contributed by atoms with Gasteiger partial charge in [0.05, 0.1) is 19.0 Å². The quantitative estimate of drug-likeness (QED) is 0.605. The number of carboxylic acid groups (broad SMARTS) is 1. The zero-order valence-corrected chi connectivity index (χ0v) is 19.7. The maximum atomic E-state index is 12.8. The number of piperazine rings is 1. The molecule has 13 heteroatoms. The Morgan fingerprint density at radius 1 is 1.31 bits per heavy atom. The topological polar surface area (TPSA) is 129 Å². The van der Waals surface area contributed by atoms with E-state index in [4.69, 9.17) is 14.4 Å². The molecule has 1 atom stereocenters. The van der Waals surface area contributed by atoms with E-state index in [1.165, 1.54) is 12.8 Å². The third-order valence-electron chi connectivity index (χ3n) is 6.11. The molecule has 0 radical (unpaired) electrons. The van der Waals surface area contributed by atoms with Gasteiger partial charge in [-0.15, -0.1) is 0 Å². The Labute approximate surface area is 205 Å². The van der Waals surface area contributed by atoms with Crippen molar-refractivity contribution in [3.8, 4) is 11.3 Å². The number of carbonyl (C=O) groups excluding carboxylic acids is 2. The zero-order valence-electron chi connectivity index (χ0n) is 19.7. The first-order valence-electron chi connectivity index (χ1n) is 11.5. The predicted molar refractivity (Wildman–Crippen MR) is 120 cm³/mol. The molecule has 1 saturated heterocycles. The fourth-order valence-corrected chi connectivity index (χ4v) is 4.30. The molecule has 2 N–H and O–H groups in total. The number of carboxylic acids is 1. The minimum absolute atomic E-state index is 0.0385. The number of alkyl halides is 3. The van der Waals surface area contributed by atoms with Gasteiger partial charge in [0.2, 0.25) is 11.8 Å². The Morgan fingerprint density at radius 2 is 2.00 bits per heavy atom. The summed E-state index contributed by atoms with van der Waals surface area (Å²) < 4.78 is 37.1. The van der Waals surface area contributed by atoms with Gasteiger partial charge in [0.1, 0.15) is 5.69 Å². The van der Waals surface area contributed by atoms with E-state index in [2.05, 4.69) is 20.4 Å². The number of aromatic nitrogens is 2. The van der Waals surface area contributed by atoms with Crippen molar-refractivity contribution >= 4 is 17.8 Å². The number of amides is 2. The van der Waals surface area contributed by atoms with E-state index in [-0.39, 0.29) is 24.3 Å². The van der Waals surface area contributed by atoms with E-state index in [0.29, 0.717) is 30.6 Å². The number of halogens is 3. The van der Waals surface area contributed by atoms with Crippen LogP contribution in [0.2, 0.25) is 0 Å². The molecule has 4 rings (SSSR count). The molecule has 2 aromatic rings. The van der Waals surface area contributed by atoms with Crippen molar-refractivity contribution in [2.75, 3.05) is 20.1 Å². The van der Waals surface area contributed by atoms with E-state index >= 15 is 0 Å². The average molecular weight is 512 g/mol. The number of nitrogens with zero attached hydrogens (tertiary/aromatic N) is 4. The van der Waals surface area contributed by atoms with Crippen LogP contribution in [0.3, 0.4) is 0 Å². The predicted octanol–water partition coefficient (Wildman–Crippen LogP) is 2.46. The summed E-state index contributed by atoms with van der Waals surface area (Å²) in [6, 6.07) is 5.59. The first kappa shape index (κ1) is 27.1. The standard InChI is InChI=1S/C21H27N5O3.C2HF3O2/c1-25(14-17-11-18(24-29-17)15-5-4-8-22-13-15)20(27)12-19-21(28)23-9-10-26(19)16-6-2-3-7-16;3-2(4,5)1(6)7/h4-5,8,11,13,16,19H,2-3,6-7,9-10,12,14H2,1H3,(H,23,28);(H,6,7). The van der Waals surface area contributed by atoms with Crippen molar-refractivity contribution in [2.24, 2.45) is 0 Å². The minimum atomic E-state index is -5.08. The van der Waals surface area contributed by atoms with Crippen LogP contribution in [0, 0.1) is 0 Å². The van der Waals surface area contributed by atoms with Crippen molar-refractivity contribution in [1.82, 2.24) is 25.3 Å². The highest BCUT2D eigenvalue weighted by molar-refractivity contribution is 5.88. The number of hydrogen-bond acceptors (Lipinski definition) is 7. The van der Waals surface area contributed by atoms with Crippen molar-refractivity contribution in [1.29, 1.82) is 0 Å². The molecule has 1 aliphatic heterocycles. The number of carbonyl (C=O) groups is 3. The smallest absolute Gasteiger partial charge is 0.475 e. The number of hydrogen-bond donors (Lipinski definition) is 2. The lowest BCUT2D eigenvalue weighted by atomic mass is 10.0. The van der Waals surface area contributed by atoms with Crippen LogP contribution < -0.4 is 5.32 Å². The van der Waals surface area contributed by atoms with Crippen molar-refractivity contribution in [3.05, 3.63) is 36.4 Å². The van der Waals surface area contributed by atoms with Crippen LogP contribution in [0.5, 0.6) is 0 Å². The van der Waals surface area contributed by atoms with Crippen LogP contribution in [0.4, 0.5) is 13.2 Å². The van der Waals surface area contributed by atoms with Crippen LogP contribution in [-0.4, -0.2) is 81.2 Å². The Bertz CT molecular complexity index is 1040. The molecule has 3 heterocycles. The molecule has 0 aromatic carbocycles. The normalized spacial score (nSPS) is 18.8. The van der Waals surface area contributed by atoms with Crippen LogP contribution in [0.25, 0.3) is 11.3 Å². The molecule has 10 nitrogen and oxygen atoms in total. The van der Waals surface area contributed by atoms with E-state index in [1.54, 1.807) is 24.3 Å². The van der Waals surface area contributed by atoms with Gasteiger partial charge in [0, 0.05) is 50.2 Å². The lowest BCUT2D eigenvalue weighted by molar-refractivity contribution is -0.192. The summed E-state index contributed by atoms with van der Waals surface area (Å²) in [7, 11) is 1.73. The third-order valence-corrected chi connectivity index (χ3v) is 6.11. The monoisotopic (exact) mass is 511 g/mol. The molecule has 0 bridgehead atoms. The molecule has 2 fully saturated rings. The van der Waals surface area contributed by atoms with E-state index in [1.807, 2.05) is 18.2 Å². The molecular weight excluding hydrogens is 483 g/mol. The third kappa shape index (κ3) is 7.26. The zero-order chi connectivity index (χ0) is 26.3. The molecule has 196 valence electrons. The second kappa shape index (κ2) is 12.0. The Kier molecular flexibility index (Phi) is 9.02. The summed E-state index contributed by atoms with van der Waals surface area (Å²) in [5, 5.41) is 14.1. The molecule has 0 spiro atoms. The van der Waals surface area contributed by atoms with Gasteiger partial charge in [0.15, 0.2) is 5.76 Å². The maximum Gasteiger partial charge on any atom is 0.490 e. The Balaban J connectivity index is 0.000000454. The molecule has 2 amide bonds. The molecular formula is C23H28F3N5O5. The average Bonchev–Trinajstić information content (AvgIpc) is 3.53. The highest BCUT2D eigenvalue weighted by Gasteiger charge is 2.38. The van der Waals surface area contributed by atoms with Crippen LogP contribution in [0.1, 0.15) is 37.9 Å². The van der Waals surface area contributed by atoms with Gasteiger partial charge in [0.25, 0.3) is 0 Å². The van der Waals surface area contributed by atoms with Gasteiger partial charge in [-0.3, -0.25) is 19.5 Å². The molecule has 36 heavy (non-hydrogen) atoms. The number of aliphatic carboxylic acids is 1. The summed E-state index contributed by atoms with van der Waals surface area (Å²) in [6.07, 6.45) is 3.15. The summed E-state index contributed by atoms with van der Waals surface area (Å²) in [6.45, 7) is 1.78. The number of pyridine rings is 1. The molecule has 1 saturated carbocycles. The lowest BCUT2D eigenvalue weighted by Crippen LogP contribution is -2.59. The highest BCUT2D eigenvalue weighted by Crippen LogP contribution is 2.27. The van der Waals surface area contributed by atoms with E-state index in [0.717, 1.165) is 24.9 Å². The molecule has 2 aliphatic rings. The summed E-state index contributed by atoms with van der Waals surface area (Å²) >= 11 is 0. The second-order valence-corrected chi connectivity index (χ2v) is 8.66. The summed E-state index contributed by atoms with van der Waals surface area (Å²) in [4.78, 5) is 42.1. The molecule has 2 aromatic heterocycles. The van der Waals surface area contributed by atoms with Gasteiger partial charge >= 0.3 is 12.1 Å². The number of rotatable bonds is 6. The molecule has 1 unspecified atom stereocenters. The van der Waals surface area contributed by atoms with Gasteiger partial charge in [-0.1, -0.05) is 18.0 Å². The van der Waals surface area contributed by atoms with Gasteiger partial charge in [-0.05, 0) is 25.0 Å². The lowest BCUT2D eigenvalue weighted by Gasteiger charge is -2.39. The Morgan fingerprint density at radius 3 is 2.61 bits per heavy atom. The van der Waals surface area contributed by atoms with E-state index in [9.17, 15) is 22.8 Å². The van der Waals surface area contributed by atoms with Gasteiger partial charge in [-0.25, -0.2) is 4.79 Å². The first-order valence-corrected chi connectivity index (χ1v) is 11.5. The SMILES string of the molecule is CN(Cc1cc(-c2cccnc2)no1)C(=O)CC1C(=O)NCCN1C1CCCC1.O=C(O)C(F)(F)F. The largest absolute Gasteiger partial charge is 0.490 e. The fraction of sp³-hybridized carbons (Fsp3) is 0.522. The van der Waals surface area contributed by atoms with Crippen LogP contribution in [-0.2, 0) is 20.9 Å². The van der Waals surface area contributed by atoms with E-state index < -0.39 is 12.1 Å². The van der Waals surface area contributed by atoms with Gasteiger partial charge in [-0.2, -0.15) is 13.2 Å². The first-order chi connectivity index (χ1) is 17.1. The number of nitrogens with one attached hydrogen (secondary N) is 1. The highest BCUT2D eigenvalue weighted by atomic mass is 19.4. The van der Waals surface area contributed by atoms with Crippen LogP contribution in [0.15, 0.2) is 35.1 Å². The van der Waals surface area contributed by atoms with Crippen molar-refractivity contribution in [2.45, 2.75) is 56.9 Å². The van der Waals surface area contributed by atoms with Crippen LogP contribution >= 0.6 is 0 Å². The van der Waals surface area contributed by atoms with Crippen molar-refractivity contribution < 1.29 is 37.2 Å². The van der Waals surface area contributed by atoms with Crippen molar-refractivity contribution in [3.63, 3.8) is 0 Å². The minimum Gasteiger partial charge on any atom is -0.475 e. The Hall–Kier alpha value is -3.48. The summed E-state index contributed by atoms with van der Waals surface area (Å²) in [5.41, 5.74) is 1.55. The molecule has 1 aliphatic carbocycles. The summed E-state index contributed by atoms with van der Waals surface area (Å²) in [5.74, 6) is -2.27. The van der Waals surface area contributed by atoms with Gasteiger partial charge < -0.3 is 19.8 Å². The second-order valence-electron chi connectivity index (χ2n) is 8.66. The fourth-order valence-electron chi connectivity index (χ4n) is 4.30.